The highest BCUT2D eigenvalue weighted by atomic mass is 79.9. The van der Waals surface area contributed by atoms with E-state index in [9.17, 15) is 0 Å². The molecule has 0 saturated heterocycles. The third-order valence-electron chi connectivity index (χ3n) is 0.810. The molecule has 0 atom stereocenters. The van der Waals surface area contributed by atoms with Crippen molar-refractivity contribution in [1.82, 2.24) is 0 Å². The first-order valence-corrected chi connectivity index (χ1v) is 5.43. The predicted molar refractivity (Wildman–Crippen MR) is 49.0 cm³/mol. The van der Waals surface area contributed by atoms with Crippen LogP contribution in [0.1, 0.15) is 6.42 Å². The van der Waals surface area contributed by atoms with Gasteiger partial charge in [-0.25, -0.2) is 0 Å². The maximum Gasteiger partial charge on any atom is 0.146 e. The van der Waals surface area contributed by atoms with Gasteiger partial charge in [-0.05, 0) is 6.42 Å². The second-order valence-corrected chi connectivity index (χ2v) is 3.25. The Hall–Kier alpha value is 0.880. The Kier molecular flexibility index (Phi) is 10.7. The number of hydrogen-bond acceptors (Lipinski definition) is 2. The largest absolute Gasteiger partial charge is 0.355 e. The molecule has 0 N–H and O–H groups in total. The predicted octanol–water partition coefficient (Wildman–Crippen LogP) is 2.16. The Balaban J connectivity index is 2.65. The average molecular weight is 276 g/mol. The summed E-state index contributed by atoms with van der Waals surface area (Å²) in [4.78, 5) is 0. The van der Waals surface area contributed by atoms with E-state index in [0.29, 0.717) is 13.4 Å². The number of alkyl halides is 2. The molecule has 2 nitrogen and oxygen atoms in total. The van der Waals surface area contributed by atoms with Crippen LogP contribution in [0.3, 0.4) is 0 Å². The fraction of sp³-hybridized carbons (Fsp3) is 1.00. The fourth-order valence-corrected chi connectivity index (χ4v) is 0.846. The van der Waals surface area contributed by atoms with E-state index in [2.05, 4.69) is 31.9 Å². The topological polar surface area (TPSA) is 18.5 Å². The lowest BCUT2D eigenvalue weighted by molar-refractivity contribution is -0.0475. The summed E-state index contributed by atoms with van der Waals surface area (Å²) in [6.07, 6.45) is 1.04. The van der Waals surface area contributed by atoms with Crippen molar-refractivity contribution in [2.24, 2.45) is 0 Å². The molecular formula is C6H12Br2O2. The van der Waals surface area contributed by atoms with Gasteiger partial charge in [-0.3, -0.25) is 0 Å². The molecule has 62 valence electrons. The van der Waals surface area contributed by atoms with E-state index in [-0.39, 0.29) is 0 Å². The first-order valence-electron chi connectivity index (χ1n) is 3.19. The Bertz CT molecular complexity index is 53.7. The van der Waals surface area contributed by atoms with Gasteiger partial charge in [0, 0.05) is 10.7 Å². The van der Waals surface area contributed by atoms with Gasteiger partial charge in [0.05, 0.1) is 13.2 Å². The first kappa shape index (κ1) is 10.9. The minimum Gasteiger partial charge on any atom is -0.355 e. The smallest absolute Gasteiger partial charge is 0.146 e. The van der Waals surface area contributed by atoms with E-state index in [4.69, 9.17) is 9.47 Å². The van der Waals surface area contributed by atoms with Crippen molar-refractivity contribution < 1.29 is 9.47 Å². The molecule has 0 saturated carbocycles. The van der Waals surface area contributed by atoms with Gasteiger partial charge in [0.25, 0.3) is 0 Å². The van der Waals surface area contributed by atoms with Crippen molar-refractivity contribution in [3.05, 3.63) is 0 Å². The van der Waals surface area contributed by atoms with Gasteiger partial charge in [0.15, 0.2) is 0 Å². The highest BCUT2D eigenvalue weighted by molar-refractivity contribution is 9.09. The van der Waals surface area contributed by atoms with Crippen LogP contribution in [0.25, 0.3) is 0 Å². The van der Waals surface area contributed by atoms with Gasteiger partial charge >= 0.3 is 0 Å². The van der Waals surface area contributed by atoms with Gasteiger partial charge < -0.3 is 9.47 Å². The maximum absolute atomic E-state index is 5.10. The molecule has 4 heteroatoms. The quantitative estimate of drug-likeness (QED) is 0.403. The van der Waals surface area contributed by atoms with Crippen molar-refractivity contribution in [2.45, 2.75) is 6.42 Å². The Morgan fingerprint density at radius 3 is 2.20 bits per heavy atom. The molecule has 0 aromatic rings. The zero-order valence-corrected chi connectivity index (χ0v) is 8.99. The van der Waals surface area contributed by atoms with Gasteiger partial charge in [0.1, 0.15) is 6.79 Å². The number of rotatable bonds is 7. The van der Waals surface area contributed by atoms with Gasteiger partial charge in [-0.2, -0.15) is 0 Å². The lowest BCUT2D eigenvalue weighted by Crippen LogP contribution is -2.03. The molecule has 0 heterocycles. The Morgan fingerprint density at radius 2 is 1.60 bits per heavy atom. The van der Waals surface area contributed by atoms with Crippen molar-refractivity contribution in [3.63, 3.8) is 0 Å². The second-order valence-electron chi connectivity index (χ2n) is 1.67. The van der Waals surface area contributed by atoms with E-state index in [0.717, 1.165) is 23.7 Å². The van der Waals surface area contributed by atoms with Gasteiger partial charge in [-0.1, -0.05) is 31.9 Å². The van der Waals surface area contributed by atoms with Crippen molar-refractivity contribution >= 4 is 31.9 Å². The molecule has 0 amide bonds. The zero-order chi connectivity index (χ0) is 7.66. The molecule has 0 fully saturated rings. The van der Waals surface area contributed by atoms with Crippen LogP contribution in [-0.4, -0.2) is 30.7 Å². The third-order valence-corrected chi connectivity index (χ3v) is 1.69. The molecule has 10 heavy (non-hydrogen) atoms. The summed E-state index contributed by atoms with van der Waals surface area (Å²) in [6.45, 7) is 1.90. The summed E-state index contributed by atoms with van der Waals surface area (Å²) in [5.41, 5.74) is 0. The van der Waals surface area contributed by atoms with Gasteiger partial charge in [-0.15, -0.1) is 0 Å². The molecule has 0 aliphatic heterocycles. The number of halogens is 2. The third kappa shape index (κ3) is 8.88. The molecule has 0 aromatic carbocycles. The fourth-order valence-electron chi connectivity index (χ4n) is 0.388. The van der Waals surface area contributed by atoms with E-state index in [1.807, 2.05) is 0 Å². The van der Waals surface area contributed by atoms with Crippen LogP contribution in [0.15, 0.2) is 0 Å². The summed E-state index contributed by atoms with van der Waals surface area (Å²) in [5.74, 6) is 0. The highest BCUT2D eigenvalue weighted by Gasteiger charge is 1.86. The molecule has 0 spiro atoms. The summed E-state index contributed by atoms with van der Waals surface area (Å²) in [7, 11) is 0. The van der Waals surface area contributed by atoms with Crippen LogP contribution in [0.2, 0.25) is 0 Å². The molecule has 0 unspecified atom stereocenters. The standard InChI is InChI=1S/C6H12Br2O2/c7-2-1-4-9-6-10-5-3-8/h1-6H2. The van der Waals surface area contributed by atoms with E-state index >= 15 is 0 Å². The van der Waals surface area contributed by atoms with Crippen molar-refractivity contribution in [2.75, 3.05) is 30.7 Å². The molecule has 0 aliphatic rings. The summed E-state index contributed by atoms with van der Waals surface area (Å²) in [6, 6.07) is 0. The van der Waals surface area contributed by atoms with Crippen LogP contribution in [0.4, 0.5) is 0 Å². The van der Waals surface area contributed by atoms with Crippen LogP contribution >= 0.6 is 31.9 Å². The maximum atomic E-state index is 5.10. The Labute approximate surface area is 78.5 Å². The second kappa shape index (κ2) is 9.88. The Morgan fingerprint density at radius 1 is 0.900 bits per heavy atom. The van der Waals surface area contributed by atoms with E-state index in [1.165, 1.54) is 0 Å². The SMILES string of the molecule is BrCCCOCOCCBr. The lowest BCUT2D eigenvalue weighted by atomic mass is 10.5. The van der Waals surface area contributed by atoms with Crippen LogP contribution < -0.4 is 0 Å². The zero-order valence-electron chi connectivity index (χ0n) is 5.82. The van der Waals surface area contributed by atoms with Gasteiger partial charge in [0.2, 0.25) is 0 Å². The monoisotopic (exact) mass is 274 g/mol. The highest BCUT2D eigenvalue weighted by Crippen LogP contribution is 1.89. The van der Waals surface area contributed by atoms with Crippen LogP contribution in [0, 0.1) is 0 Å². The minimum absolute atomic E-state index is 0.415. The van der Waals surface area contributed by atoms with Crippen molar-refractivity contribution in [1.29, 1.82) is 0 Å². The normalized spacial score (nSPS) is 10.2. The molecule has 0 aromatic heterocycles. The molecule has 0 aliphatic carbocycles. The van der Waals surface area contributed by atoms with Crippen LogP contribution in [0.5, 0.6) is 0 Å². The average Bonchev–Trinajstić information content (AvgIpc) is 1.97. The minimum atomic E-state index is 0.415. The van der Waals surface area contributed by atoms with Crippen LogP contribution in [-0.2, 0) is 9.47 Å². The number of ether oxygens (including phenoxy) is 2. The van der Waals surface area contributed by atoms with E-state index < -0.39 is 0 Å². The molecule has 0 radical (unpaired) electrons. The molecular weight excluding hydrogens is 264 g/mol. The molecule has 0 bridgehead atoms. The van der Waals surface area contributed by atoms with E-state index in [1.54, 1.807) is 0 Å². The number of hydrogen-bond donors (Lipinski definition) is 0. The first-order chi connectivity index (χ1) is 4.91. The summed E-state index contributed by atoms with van der Waals surface area (Å²) in [5, 5.41) is 1.86. The molecule has 0 rings (SSSR count). The van der Waals surface area contributed by atoms with Crippen molar-refractivity contribution in [3.8, 4) is 0 Å². The summed E-state index contributed by atoms with van der Waals surface area (Å²) < 4.78 is 10.1. The summed E-state index contributed by atoms with van der Waals surface area (Å²) >= 11 is 6.55. The lowest BCUT2D eigenvalue weighted by Gasteiger charge is -2.01.